The minimum Gasteiger partial charge on any atom is -0.166 e. The summed E-state index contributed by atoms with van der Waals surface area (Å²) in [6.07, 6.45) is 1.32. The van der Waals surface area contributed by atoms with Crippen molar-refractivity contribution in [3.05, 3.63) is 34.9 Å². The maximum absolute atomic E-state index is 12.8. The van der Waals surface area contributed by atoms with Crippen LogP contribution in [0.3, 0.4) is 0 Å². The standard InChI is InChI=1S/C14H17F3.C2H6/c1-10-7-8-12(9-13(10)14(15,16)17)11-5-3-2-4-6-11;1-2/h7-9,11H,2-6H2,1H3;1-2H3. The average Bonchev–Trinajstić information content (AvgIpc) is 2.41. The van der Waals surface area contributed by atoms with Gasteiger partial charge in [0.25, 0.3) is 0 Å². The van der Waals surface area contributed by atoms with Crippen LogP contribution in [0.1, 0.15) is 68.6 Å². The van der Waals surface area contributed by atoms with Gasteiger partial charge in [-0.1, -0.05) is 45.2 Å². The molecule has 0 spiro atoms. The highest BCUT2D eigenvalue weighted by Crippen LogP contribution is 2.37. The zero-order valence-electron chi connectivity index (χ0n) is 12.0. The Morgan fingerprint density at radius 2 is 1.58 bits per heavy atom. The highest BCUT2D eigenvalue weighted by Gasteiger charge is 2.33. The van der Waals surface area contributed by atoms with Crippen molar-refractivity contribution in [2.24, 2.45) is 0 Å². The maximum atomic E-state index is 12.8. The molecule has 108 valence electrons. The molecular weight excluding hydrogens is 249 g/mol. The van der Waals surface area contributed by atoms with E-state index in [1.54, 1.807) is 6.07 Å². The lowest BCUT2D eigenvalue weighted by Crippen LogP contribution is -2.10. The van der Waals surface area contributed by atoms with Gasteiger partial charge in [0.2, 0.25) is 0 Å². The van der Waals surface area contributed by atoms with Gasteiger partial charge in [0.1, 0.15) is 0 Å². The Bertz CT molecular complexity index is 387. The van der Waals surface area contributed by atoms with Crippen LogP contribution >= 0.6 is 0 Å². The number of rotatable bonds is 1. The predicted molar refractivity (Wildman–Crippen MR) is 73.4 cm³/mol. The normalized spacial score (nSPS) is 16.7. The molecule has 1 aromatic carbocycles. The van der Waals surface area contributed by atoms with Crippen molar-refractivity contribution >= 4 is 0 Å². The zero-order chi connectivity index (χ0) is 14.5. The average molecular weight is 272 g/mol. The molecule has 19 heavy (non-hydrogen) atoms. The molecule has 0 aromatic heterocycles. The van der Waals surface area contributed by atoms with E-state index in [0.29, 0.717) is 11.5 Å². The Labute approximate surface area is 114 Å². The van der Waals surface area contributed by atoms with Gasteiger partial charge in [-0.25, -0.2) is 0 Å². The fourth-order valence-electron chi connectivity index (χ4n) is 2.63. The molecule has 1 aromatic rings. The molecule has 0 saturated heterocycles. The van der Waals surface area contributed by atoms with Crippen molar-refractivity contribution in [1.82, 2.24) is 0 Å². The van der Waals surface area contributed by atoms with Gasteiger partial charge in [0.15, 0.2) is 0 Å². The van der Waals surface area contributed by atoms with Crippen LogP contribution in [-0.2, 0) is 6.18 Å². The zero-order valence-corrected chi connectivity index (χ0v) is 12.0. The predicted octanol–water partition coefficient (Wildman–Crippen LogP) is 6.09. The van der Waals surface area contributed by atoms with E-state index in [0.717, 1.165) is 31.2 Å². The summed E-state index contributed by atoms with van der Waals surface area (Å²) in [5.74, 6) is 0.324. The maximum Gasteiger partial charge on any atom is 0.416 e. The van der Waals surface area contributed by atoms with Gasteiger partial charge in [-0.05, 0) is 42.9 Å². The van der Waals surface area contributed by atoms with E-state index >= 15 is 0 Å². The molecule has 1 aliphatic carbocycles. The summed E-state index contributed by atoms with van der Waals surface area (Å²) in [7, 11) is 0. The fourth-order valence-corrected chi connectivity index (χ4v) is 2.63. The van der Waals surface area contributed by atoms with Gasteiger partial charge in [-0.3, -0.25) is 0 Å². The van der Waals surface area contributed by atoms with Crippen molar-refractivity contribution in [2.75, 3.05) is 0 Å². The Morgan fingerprint density at radius 1 is 1.00 bits per heavy atom. The highest BCUT2D eigenvalue weighted by atomic mass is 19.4. The van der Waals surface area contributed by atoms with Gasteiger partial charge in [0.05, 0.1) is 5.56 Å². The van der Waals surface area contributed by atoms with E-state index < -0.39 is 11.7 Å². The topological polar surface area (TPSA) is 0 Å². The monoisotopic (exact) mass is 272 g/mol. The van der Waals surface area contributed by atoms with Gasteiger partial charge in [-0.15, -0.1) is 0 Å². The number of hydrogen-bond donors (Lipinski definition) is 0. The molecule has 0 heterocycles. The summed E-state index contributed by atoms with van der Waals surface area (Å²) in [5, 5.41) is 0. The molecule has 0 radical (unpaired) electrons. The van der Waals surface area contributed by atoms with Crippen molar-refractivity contribution in [1.29, 1.82) is 0 Å². The summed E-state index contributed by atoms with van der Waals surface area (Å²) in [6.45, 7) is 5.52. The third-order valence-electron chi connectivity index (χ3n) is 3.64. The number of aryl methyl sites for hydroxylation is 1. The molecule has 0 atom stereocenters. The number of alkyl halides is 3. The molecule has 2 rings (SSSR count). The minimum atomic E-state index is -4.23. The van der Waals surface area contributed by atoms with Crippen LogP contribution in [0.5, 0.6) is 0 Å². The van der Waals surface area contributed by atoms with Crippen LogP contribution < -0.4 is 0 Å². The summed E-state index contributed by atoms with van der Waals surface area (Å²) in [4.78, 5) is 0. The first-order valence-corrected chi connectivity index (χ1v) is 7.16. The molecule has 0 bridgehead atoms. The van der Waals surface area contributed by atoms with E-state index in [1.165, 1.54) is 19.4 Å². The van der Waals surface area contributed by atoms with Crippen molar-refractivity contribution in [3.63, 3.8) is 0 Å². The Kier molecular flexibility index (Phi) is 5.89. The molecule has 0 amide bonds. The molecule has 0 nitrogen and oxygen atoms in total. The molecular formula is C16H23F3. The quantitative estimate of drug-likeness (QED) is 0.580. The Morgan fingerprint density at radius 3 is 2.11 bits per heavy atom. The molecule has 0 N–H and O–H groups in total. The number of halogens is 3. The lowest BCUT2D eigenvalue weighted by molar-refractivity contribution is -0.138. The third kappa shape index (κ3) is 4.26. The van der Waals surface area contributed by atoms with Gasteiger partial charge >= 0.3 is 6.18 Å². The Balaban J connectivity index is 0.000000861. The molecule has 3 heteroatoms. The second kappa shape index (κ2) is 6.97. The van der Waals surface area contributed by atoms with Crippen LogP contribution in [0.25, 0.3) is 0 Å². The highest BCUT2D eigenvalue weighted by molar-refractivity contribution is 5.35. The van der Waals surface area contributed by atoms with Crippen LogP contribution in [-0.4, -0.2) is 0 Å². The first kappa shape index (κ1) is 16.1. The summed E-state index contributed by atoms with van der Waals surface area (Å²) in [5.41, 5.74) is 0.709. The first-order chi connectivity index (χ1) is 8.98. The van der Waals surface area contributed by atoms with E-state index in [-0.39, 0.29) is 0 Å². The molecule has 0 aliphatic heterocycles. The van der Waals surface area contributed by atoms with Crippen LogP contribution in [0.4, 0.5) is 13.2 Å². The lowest BCUT2D eigenvalue weighted by Gasteiger charge is -2.23. The molecule has 0 unspecified atom stereocenters. The second-order valence-corrected chi connectivity index (χ2v) is 4.91. The van der Waals surface area contributed by atoms with Crippen LogP contribution in [0.2, 0.25) is 0 Å². The van der Waals surface area contributed by atoms with Crippen molar-refractivity contribution in [2.45, 2.75) is 65.0 Å². The van der Waals surface area contributed by atoms with E-state index in [1.807, 2.05) is 19.9 Å². The minimum absolute atomic E-state index is 0.317. The van der Waals surface area contributed by atoms with Gasteiger partial charge in [-0.2, -0.15) is 13.2 Å². The SMILES string of the molecule is CC.Cc1ccc(C2CCCCC2)cc1C(F)(F)F. The largest absolute Gasteiger partial charge is 0.416 e. The summed E-state index contributed by atoms with van der Waals surface area (Å²) >= 11 is 0. The molecule has 1 saturated carbocycles. The number of hydrogen-bond acceptors (Lipinski definition) is 0. The molecule has 1 aliphatic rings. The fraction of sp³-hybridized carbons (Fsp3) is 0.625. The Hall–Kier alpha value is -0.990. The molecule has 1 fully saturated rings. The number of benzene rings is 1. The van der Waals surface area contributed by atoms with Gasteiger partial charge < -0.3 is 0 Å². The smallest absolute Gasteiger partial charge is 0.166 e. The van der Waals surface area contributed by atoms with Crippen molar-refractivity contribution < 1.29 is 13.2 Å². The van der Waals surface area contributed by atoms with Crippen LogP contribution in [0, 0.1) is 6.92 Å². The van der Waals surface area contributed by atoms with E-state index in [4.69, 9.17) is 0 Å². The van der Waals surface area contributed by atoms with Gasteiger partial charge in [0, 0.05) is 0 Å². The van der Waals surface area contributed by atoms with Crippen molar-refractivity contribution in [3.8, 4) is 0 Å². The van der Waals surface area contributed by atoms with E-state index in [9.17, 15) is 13.2 Å². The van der Waals surface area contributed by atoms with Crippen LogP contribution in [0.15, 0.2) is 18.2 Å². The second-order valence-electron chi connectivity index (χ2n) is 4.91. The summed E-state index contributed by atoms with van der Waals surface area (Å²) < 4.78 is 38.4. The van der Waals surface area contributed by atoms with E-state index in [2.05, 4.69) is 0 Å². The summed E-state index contributed by atoms with van der Waals surface area (Å²) in [6, 6.07) is 4.82. The third-order valence-corrected chi connectivity index (χ3v) is 3.64. The first-order valence-electron chi connectivity index (χ1n) is 7.16. The lowest BCUT2D eigenvalue weighted by atomic mass is 9.83.